The van der Waals surface area contributed by atoms with Gasteiger partial charge in [0.2, 0.25) is 6.79 Å². The molecule has 10 heteroatoms. The Labute approximate surface area is 196 Å². The van der Waals surface area contributed by atoms with Gasteiger partial charge in [0.1, 0.15) is 5.70 Å². The highest BCUT2D eigenvalue weighted by Gasteiger charge is 2.19. The average Bonchev–Trinajstić information content (AvgIpc) is 3.46. The van der Waals surface area contributed by atoms with Crippen molar-refractivity contribution in [3.8, 4) is 11.5 Å². The molecule has 4 rings (SSSR count). The highest BCUT2D eigenvalue weighted by molar-refractivity contribution is 9.10. The van der Waals surface area contributed by atoms with Crippen LogP contribution in [-0.2, 0) is 9.53 Å². The van der Waals surface area contributed by atoms with Crippen LogP contribution in [0.2, 0.25) is 0 Å². The first kappa shape index (κ1) is 22.2. The van der Waals surface area contributed by atoms with Crippen LogP contribution >= 0.6 is 15.9 Å². The Morgan fingerprint density at radius 1 is 1.03 bits per heavy atom. The fraction of sp³-hybridized carbons (Fsp3) is 0.0870. The predicted molar refractivity (Wildman–Crippen MR) is 121 cm³/mol. The smallest absolute Gasteiger partial charge is 0.337 e. The van der Waals surface area contributed by atoms with Crippen LogP contribution in [0.3, 0.4) is 0 Å². The number of anilines is 1. The number of furan rings is 1. The van der Waals surface area contributed by atoms with E-state index in [0.29, 0.717) is 27.4 Å². The summed E-state index contributed by atoms with van der Waals surface area (Å²) in [4.78, 5) is 37.5. The lowest BCUT2D eigenvalue weighted by molar-refractivity contribution is -0.113. The van der Waals surface area contributed by atoms with Crippen LogP contribution in [0.25, 0.3) is 6.08 Å². The number of ether oxygens (including phenoxy) is 3. The maximum Gasteiger partial charge on any atom is 0.337 e. The molecule has 0 saturated carbocycles. The van der Waals surface area contributed by atoms with Gasteiger partial charge in [0.05, 0.1) is 12.7 Å². The van der Waals surface area contributed by atoms with E-state index in [9.17, 15) is 14.4 Å². The predicted octanol–water partition coefficient (Wildman–Crippen LogP) is 3.97. The lowest BCUT2D eigenvalue weighted by Crippen LogP contribution is -2.30. The fourth-order valence-corrected chi connectivity index (χ4v) is 3.29. The molecule has 1 aliphatic heterocycles. The number of benzene rings is 2. The Balaban J connectivity index is 1.62. The number of nitrogens with one attached hydrogen (secondary N) is 2. The first-order chi connectivity index (χ1) is 15.9. The molecule has 1 aromatic heterocycles. The summed E-state index contributed by atoms with van der Waals surface area (Å²) in [5.41, 5.74) is 1.14. The van der Waals surface area contributed by atoms with E-state index in [4.69, 9.17) is 18.6 Å². The summed E-state index contributed by atoms with van der Waals surface area (Å²) >= 11 is 3.14. The monoisotopic (exact) mass is 512 g/mol. The van der Waals surface area contributed by atoms with E-state index in [0.717, 1.165) is 0 Å². The summed E-state index contributed by atoms with van der Waals surface area (Å²) in [7, 11) is 1.27. The Hall–Kier alpha value is -4.05. The van der Waals surface area contributed by atoms with E-state index in [-0.39, 0.29) is 23.8 Å². The van der Waals surface area contributed by atoms with Gasteiger partial charge >= 0.3 is 5.97 Å². The fourth-order valence-electron chi connectivity index (χ4n) is 2.99. The van der Waals surface area contributed by atoms with Crippen LogP contribution in [0.4, 0.5) is 5.69 Å². The van der Waals surface area contributed by atoms with Crippen LogP contribution in [0.5, 0.6) is 11.5 Å². The largest absolute Gasteiger partial charge is 0.465 e. The standard InChI is InChI=1S/C23H17BrN2O7/c1-30-23(29)14-3-2-4-15(11-14)25-21(27)16(26-22(28)18-7-8-20(24)33-18)9-13-5-6-17-19(10-13)32-12-31-17/h2-11H,12H2,1H3,(H,25,27)(H,26,28). The third-order valence-corrected chi connectivity index (χ3v) is 4.97. The summed E-state index contributed by atoms with van der Waals surface area (Å²) in [6.07, 6.45) is 1.48. The molecular formula is C23H17BrN2O7. The molecule has 168 valence electrons. The van der Waals surface area contributed by atoms with Crippen LogP contribution in [0.15, 0.2) is 69.4 Å². The summed E-state index contributed by atoms with van der Waals surface area (Å²) in [5, 5.41) is 5.23. The summed E-state index contributed by atoms with van der Waals surface area (Å²) < 4.78 is 21.0. The number of carbonyl (C=O) groups is 3. The van der Waals surface area contributed by atoms with Crippen molar-refractivity contribution >= 4 is 45.5 Å². The van der Waals surface area contributed by atoms with Crippen molar-refractivity contribution < 1.29 is 33.0 Å². The quantitative estimate of drug-likeness (QED) is 0.379. The van der Waals surface area contributed by atoms with Gasteiger partial charge in [-0.25, -0.2) is 4.79 Å². The summed E-state index contributed by atoms with van der Waals surface area (Å²) in [6.45, 7) is 0.108. The van der Waals surface area contributed by atoms with E-state index in [1.807, 2.05) is 0 Å². The summed E-state index contributed by atoms with van der Waals surface area (Å²) in [5.74, 6) is -0.657. The molecule has 0 saturated heterocycles. The molecule has 0 radical (unpaired) electrons. The van der Waals surface area contributed by atoms with E-state index in [1.54, 1.807) is 42.5 Å². The highest BCUT2D eigenvalue weighted by Crippen LogP contribution is 2.33. The Kier molecular flexibility index (Phi) is 6.45. The maximum atomic E-state index is 13.1. The van der Waals surface area contributed by atoms with Gasteiger partial charge in [-0.1, -0.05) is 12.1 Å². The Morgan fingerprint density at radius 2 is 1.85 bits per heavy atom. The van der Waals surface area contributed by atoms with Gasteiger partial charge in [0.15, 0.2) is 21.9 Å². The van der Waals surface area contributed by atoms with Crippen molar-refractivity contribution in [3.63, 3.8) is 0 Å². The average molecular weight is 513 g/mol. The number of methoxy groups -OCH3 is 1. The molecule has 3 aromatic rings. The van der Waals surface area contributed by atoms with Crippen molar-refractivity contribution in [1.82, 2.24) is 5.32 Å². The van der Waals surface area contributed by atoms with Crippen molar-refractivity contribution in [1.29, 1.82) is 0 Å². The third kappa shape index (κ3) is 5.24. The maximum absolute atomic E-state index is 13.1. The summed E-state index contributed by atoms with van der Waals surface area (Å²) in [6, 6.07) is 14.4. The first-order valence-corrected chi connectivity index (χ1v) is 10.4. The van der Waals surface area contributed by atoms with E-state index < -0.39 is 17.8 Å². The molecular weight excluding hydrogens is 496 g/mol. The number of hydrogen-bond acceptors (Lipinski definition) is 7. The Bertz CT molecular complexity index is 1270. The molecule has 2 N–H and O–H groups in total. The van der Waals surface area contributed by atoms with Gasteiger partial charge in [-0.15, -0.1) is 0 Å². The molecule has 1 aliphatic rings. The van der Waals surface area contributed by atoms with Crippen molar-refractivity contribution in [2.24, 2.45) is 0 Å². The number of amides is 2. The van der Waals surface area contributed by atoms with Gasteiger partial charge in [-0.3, -0.25) is 9.59 Å². The zero-order valence-electron chi connectivity index (χ0n) is 17.2. The second kappa shape index (κ2) is 9.61. The van der Waals surface area contributed by atoms with Crippen LogP contribution in [-0.4, -0.2) is 31.7 Å². The van der Waals surface area contributed by atoms with E-state index in [2.05, 4.69) is 26.6 Å². The minimum Gasteiger partial charge on any atom is -0.465 e. The number of carbonyl (C=O) groups excluding carboxylic acids is 3. The molecule has 0 unspecified atom stereocenters. The number of hydrogen-bond donors (Lipinski definition) is 2. The number of rotatable bonds is 6. The molecule has 2 heterocycles. The van der Waals surface area contributed by atoms with Crippen molar-refractivity contribution in [3.05, 3.63) is 81.9 Å². The van der Waals surface area contributed by atoms with E-state index >= 15 is 0 Å². The molecule has 0 spiro atoms. The zero-order chi connectivity index (χ0) is 23.4. The van der Waals surface area contributed by atoms with Crippen molar-refractivity contribution in [2.45, 2.75) is 0 Å². The third-order valence-electron chi connectivity index (χ3n) is 4.54. The minimum atomic E-state index is -0.619. The molecule has 2 aromatic carbocycles. The van der Waals surface area contributed by atoms with Gasteiger partial charge in [0, 0.05) is 5.69 Å². The van der Waals surface area contributed by atoms with Gasteiger partial charge < -0.3 is 29.3 Å². The van der Waals surface area contributed by atoms with Crippen molar-refractivity contribution in [2.75, 3.05) is 19.2 Å². The second-order valence-corrected chi connectivity index (χ2v) is 7.54. The number of fused-ring (bicyclic) bond motifs is 1. The lowest BCUT2D eigenvalue weighted by Gasteiger charge is -2.11. The number of halogens is 1. The molecule has 0 aliphatic carbocycles. The van der Waals surface area contributed by atoms with Gasteiger partial charge in [-0.2, -0.15) is 0 Å². The highest BCUT2D eigenvalue weighted by atomic mass is 79.9. The van der Waals surface area contributed by atoms with Crippen LogP contribution in [0, 0.1) is 0 Å². The molecule has 0 atom stereocenters. The van der Waals surface area contributed by atoms with E-state index in [1.165, 1.54) is 25.3 Å². The molecule has 0 fully saturated rings. The van der Waals surface area contributed by atoms with Gasteiger partial charge in [0.25, 0.3) is 11.8 Å². The lowest BCUT2D eigenvalue weighted by atomic mass is 10.1. The second-order valence-electron chi connectivity index (χ2n) is 6.76. The zero-order valence-corrected chi connectivity index (χ0v) is 18.8. The molecule has 0 bridgehead atoms. The molecule has 33 heavy (non-hydrogen) atoms. The molecule has 2 amide bonds. The van der Waals surface area contributed by atoms with Crippen LogP contribution in [0.1, 0.15) is 26.5 Å². The topological polar surface area (TPSA) is 116 Å². The SMILES string of the molecule is COC(=O)c1cccc(NC(=O)C(=Cc2ccc3c(c2)OCO3)NC(=O)c2ccc(Br)o2)c1. The number of esters is 1. The van der Waals surface area contributed by atoms with Gasteiger partial charge in [-0.05, 0) is 70.0 Å². The first-order valence-electron chi connectivity index (χ1n) is 9.61. The Morgan fingerprint density at radius 3 is 2.61 bits per heavy atom. The van der Waals surface area contributed by atoms with Crippen LogP contribution < -0.4 is 20.1 Å². The molecule has 9 nitrogen and oxygen atoms in total. The normalized spacial score (nSPS) is 12.2. The minimum absolute atomic E-state index is 0.0129.